The number of carbonyl (C=O) groups excluding carboxylic acids is 1. The molecule has 6 nitrogen and oxygen atoms in total. The molecular formula is C19H21N3O3. The number of ether oxygens (including phenoxy) is 2. The molecule has 1 atom stereocenters. The number of benzene rings is 1. The van der Waals surface area contributed by atoms with Crippen molar-refractivity contribution in [2.24, 2.45) is 0 Å². The molecule has 0 radical (unpaired) electrons. The molecule has 1 fully saturated rings. The Morgan fingerprint density at radius 3 is 2.96 bits per heavy atom. The Hall–Kier alpha value is -2.62. The number of nitriles is 1. The Bertz CT molecular complexity index is 778. The van der Waals surface area contributed by atoms with Gasteiger partial charge in [-0.05, 0) is 23.8 Å². The fourth-order valence-electron chi connectivity index (χ4n) is 3.05. The van der Waals surface area contributed by atoms with E-state index in [4.69, 9.17) is 9.47 Å². The minimum Gasteiger partial charge on any atom is -0.467 e. The van der Waals surface area contributed by atoms with Crippen LogP contribution < -0.4 is 0 Å². The summed E-state index contributed by atoms with van der Waals surface area (Å²) in [5.74, 6) is -0.331. The third kappa shape index (κ3) is 4.08. The molecule has 0 spiro atoms. The summed E-state index contributed by atoms with van der Waals surface area (Å²) in [6, 6.07) is 13.9. The molecule has 25 heavy (non-hydrogen) atoms. The van der Waals surface area contributed by atoms with Gasteiger partial charge >= 0.3 is 5.97 Å². The standard InChI is InChI=1S/C19H21N3O3/c1-24-19(23)18-14-21(9-10-25-18)13-17-7-4-8-22(17)12-16-6-3-2-5-15(16)11-20/h2-8,18H,9-10,12-14H2,1H3/t18-/m1/s1. The van der Waals surface area contributed by atoms with Crippen molar-refractivity contribution in [1.29, 1.82) is 5.26 Å². The highest BCUT2D eigenvalue weighted by Crippen LogP contribution is 2.15. The lowest BCUT2D eigenvalue weighted by molar-refractivity contribution is -0.160. The van der Waals surface area contributed by atoms with Gasteiger partial charge in [0.25, 0.3) is 0 Å². The number of methoxy groups -OCH3 is 1. The third-order valence-electron chi connectivity index (χ3n) is 4.40. The molecule has 2 aromatic rings. The summed E-state index contributed by atoms with van der Waals surface area (Å²) in [5.41, 5.74) is 2.83. The molecule has 1 aliphatic rings. The highest BCUT2D eigenvalue weighted by molar-refractivity contribution is 5.74. The molecule has 3 rings (SSSR count). The zero-order valence-electron chi connectivity index (χ0n) is 14.2. The average molecular weight is 339 g/mol. The summed E-state index contributed by atoms with van der Waals surface area (Å²) < 4.78 is 12.4. The maximum Gasteiger partial charge on any atom is 0.336 e. The fourth-order valence-corrected chi connectivity index (χ4v) is 3.05. The van der Waals surface area contributed by atoms with Crippen LogP contribution in [0.4, 0.5) is 0 Å². The van der Waals surface area contributed by atoms with E-state index in [-0.39, 0.29) is 5.97 Å². The first-order valence-electron chi connectivity index (χ1n) is 8.25. The van der Waals surface area contributed by atoms with Crippen LogP contribution in [-0.2, 0) is 27.4 Å². The molecule has 0 saturated carbocycles. The molecule has 1 saturated heterocycles. The molecule has 130 valence electrons. The van der Waals surface area contributed by atoms with Crippen molar-refractivity contribution in [3.8, 4) is 6.07 Å². The molecule has 0 unspecified atom stereocenters. The van der Waals surface area contributed by atoms with E-state index in [9.17, 15) is 10.1 Å². The largest absolute Gasteiger partial charge is 0.467 e. The summed E-state index contributed by atoms with van der Waals surface area (Å²) in [6.07, 6.45) is 1.49. The first kappa shape index (κ1) is 17.2. The Morgan fingerprint density at radius 2 is 2.16 bits per heavy atom. The van der Waals surface area contributed by atoms with Gasteiger partial charge in [-0.25, -0.2) is 4.79 Å². The van der Waals surface area contributed by atoms with Gasteiger partial charge in [-0.15, -0.1) is 0 Å². The number of morpholine rings is 1. The molecular weight excluding hydrogens is 318 g/mol. The van der Waals surface area contributed by atoms with E-state index in [1.165, 1.54) is 7.11 Å². The van der Waals surface area contributed by atoms with E-state index >= 15 is 0 Å². The van der Waals surface area contributed by atoms with Gasteiger partial charge in [0.05, 0.1) is 25.3 Å². The van der Waals surface area contributed by atoms with Gasteiger partial charge in [0.1, 0.15) is 0 Å². The lowest BCUT2D eigenvalue weighted by Crippen LogP contribution is -2.46. The summed E-state index contributed by atoms with van der Waals surface area (Å²) in [5, 5.41) is 9.26. The Kier molecular flexibility index (Phi) is 5.49. The predicted molar refractivity (Wildman–Crippen MR) is 91.7 cm³/mol. The van der Waals surface area contributed by atoms with Crippen LogP contribution >= 0.6 is 0 Å². The van der Waals surface area contributed by atoms with Gasteiger partial charge in [-0.1, -0.05) is 18.2 Å². The quantitative estimate of drug-likeness (QED) is 0.777. The number of aromatic nitrogens is 1. The van der Waals surface area contributed by atoms with Crippen molar-refractivity contribution in [3.63, 3.8) is 0 Å². The maximum absolute atomic E-state index is 11.7. The van der Waals surface area contributed by atoms with E-state index in [0.717, 1.165) is 24.3 Å². The summed E-state index contributed by atoms with van der Waals surface area (Å²) >= 11 is 0. The molecule has 1 aliphatic heterocycles. The first-order chi connectivity index (χ1) is 12.2. The molecule has 1 aromatic heterocycles. The number of hydrogen-bond donors (Lipinski definition) is 0. The second-order valence-electron chi connectivity index (χ2n) is 6.01. The van der Waals surface area contributed by atoms with Crippen LogP contribution in [0.2, 0.25) is 0 Å². The van der Waals surface area contributed by atoms with Gasteiger partial charge in [-0.3, -0.25) is 4.90 Å². The number of rotatable bonds is 5. The highest BCUT2D eigenvalue weighted by Gasteiger charge is 2.27. The lowest BCUT2D eigenvalue weighted by Gasteiger charge is -2.31. The second-order valence-corrected chi connectivity index (χ2v) is 6.01. The molecule has 2 heterocycles. The van der Waals surface area contributed by atoms with Gasteiger partial charge in [-0.2, -0.15) is 5.26 Å². The van der Waals surface area contributed by atoms with Crippen LogP contribution in [0.15, 0.2) is 42.6 Å². The van der Waals surface area contributed by atoms with Crippen LogP contribution in [0.3, 0.4) is 0 Å². The van der Waals surface area contributed by atoms with Crippen molar-refractivity contribution >= 4 is 5.97 Å². The minimum absolute atomic E-state index is 0.331. The van der Waals surface area contributed by atoms with E-state index in [1.807, 2.05) is 36.5 Å². The predicted octanol–water partition coefficient (Wildman–Crippen LogP) is 1.78. The first-order valence-corrected chi connectivity index (χ1v) is 8.25. The Morgan fingerprint density at radius 1 is 1.32 bits per heavy atom. The number of hydrogen-bond acceptors (Lipinski definition) is 5. The average Bonchev–Trinajstić information content (AvgIpc) is 3.08. The topological polar surface area (TPSA) is 67.5 Å². The second kappa shape index (κ2) is 7.97. The summed E-state index contributed by atoms with van der Waals surface area (Å²) in [7, 11) is 1.38. The maximum atomic E-state index is 11.7. The Balaban J connectivity index is 1.70. The monoisotopic (exact) mass is 339 g/mol. The van der Waals surface area contributed by atoms with Crippen molar-refractivity contribution in [1.82, 2.24) is 9.47 Å². The number of nitrogens with zero attached hydrogens (tertiary/aromatic N) is 3. The SMILES string of the molecule is COC(=O)[C@H]1CN(Cc2cccn2Cc2ccccc2C#N)CCO1. The van der Waals surface area contributed by atoms with Crippen molar-refractivity contribution in [2.45, 2.75) is 19.2 Å². The number of carbonyl (C=O) groups is 1. The van der Waals surface area contributed by atoms with Gasteiger partial charge < -0.3 is 14.0 Å². The van der Waals surface area contributed by atoms with Crippen LogP contribution in [0.1, 0.15) is 16.8 Å². The highest BCUT2D eigenvalue weighted by atomic mass is 16.6. The van der Waals surface area contributed by atoms with E-state index in [0.29, 0.717) is 25.3 Å². The van der Waals surface area contributed by atoms with Crippen molar-refractivity contribution < 1.29 is 14.3 Å². The smallest absolute Gasteiger partial charge is 0.336 e. The van der Waals surface area contributed by atoms with Crippen LogP contribution in [0, 0.1) is 11.3 Å². The van der Waals surface area contributed by atoms with Crippen molar-refractivity contribution in [2.75, 3.05) is 26.8 Å². The van der Waals surface area contributed by atoms with Gasteiger partial charge in [0.2, 0.25) is 0 Å². The molecule has 0 bridgehead atoms. The van der Waals surface area contributed by atoms with E-state index < -0.39 is 6.10 Å². The summed E-state index contributed by atoms with van der Waals surface area (Å²) in [4.78, 5) is 13.9. The van der Waals surface area contributed by atoms with Crippen LogP contribution in [-0.4, -0.2) is 48.3 Å². The zero-order valence-corrected chi connectivity index (χ0v) is 14.2. The third-order valence-corrected chi connectivity index (χ3v) is 4.40. The van der Waals surface area contributed by atoms with Gasteiger partial charge in [0.15, 0.2) is 6.10 Å². The van der Waals surface area contributed by atoms with E-state index in [1.54, 1.807) is 0 Å². The van der Waals surface area contributed by atoms with E-state index in [2.05, 4.69) is 21.6 Å². The summed E-state index contributed by atoms with van der Waals surface area (Å²) in [6.45, 7) is 3.17. The Labute approximate surface area is 147 Å². The van der Waals surface area contributed by atoms with Crippen LogP contribution in [0.5, 0.6) is 0 Å². The number of esters is 1. The minimum atomic E-state index is -0.526. The van der Waals surface area contributed by atoms with Crippen LogP contribution in [0.25, 0.3) is 0 Å². The molecule has 0 aliphatic carbocycles. The zero-order chi connectivity index (χ0) is 17.6. The molecule has 6 heteroatoms. The normalized spacial score (nSPS) is 17.8. The fraction of sp³-hybridized carbons (Fsp3) is 0.368. The molecule has 0 N–H and O–H groups in total. The van der Waals surface area contributed by atoms with Gasteiger partial charge in [0, 0.05) is 38.1 Å². The molecule has 0 amide bonds. The lowest BCUT2D eigenvalue weighted by atomic mass is 10.1. The molecule has 1 aromatic carbocycles. The van der Waals surface area contributed by atoms with Crippen molar-refractivity contribution in [3.05, 3.63) is 59.4 Å².